The number of hydrogen-bond donors (Lipinski definition) is 1. The molecule has 19 heavy (non-hydrogen) atoms. The largest absolute Gasteiger partial charge is 0.382 e. The van der Waals surface area contributed by atoms with Crippen molar-refractivity contribution in [3.8, 4) is 6.07 Å². The summed E-state index contributed by atoms with van der Waals surface area (Å²) in [6, 6.07) is 6.14. The standard InChI is InChI=1S/C12H15N3O4/c1-18-8-10(19-2)7-14-11-4-3-9(6-13)5-12(11)15(16)17/h3-5,10,14H,7-8H2,1-2H3. The monoisotopic (exact) mass is 265 g/mol. The van der Waals surface area contributed by atoms with Crippen molar-refractivity contribution in [2.75, 3.05) is 32.7 Å². The van der Waals surface area contributed by atoms with Crippen molar-refractivity contribution < 1.29 is 14.4 Å². The van der Waals surface area contributed by atoms with Crippen molar-refractivity contribution in [3.63, 3.8) is 0 Å². The molecule has 0 fully saturated rings. The normalized spacial score (nSPS) is 11.6. The van der Waals surface area contributed by atoms with Gasteiger partial charge in [-0.3, -0.25) is 10.1 Å². The summed E-state index contributed by atoms with van der Waals surface area (Å²) in [7, 11) is 3.09. The van der Waals surface area contributed by atoms with Crippen LogP contribution in [-0.2, 0) is 9.47 Å². The third-order valence-corrected chi connectivity index (χ3v) is 2.53. The van der Waals surface area contributed by atoms with Gasteiger partial charge < -0.3 is 14.8 Å². The Hall–Kier alpha value is -2.17. The van der Waals surface area contributed by atoms with Crippen LogP contribution in [0.25, 0.3) is 0 Å². The summed E-state index contributed by atoms with van der Waals surface area (Å²) in [5.41, 5.74) is 0.464. The fourth-order valence-corrected chi connectivity index (χ4v) is 1.52. The highest BCUT2D eigenvalue weighted by Crippen LogP contribution is 2.25. The lowest BCUT2D eigenvalue weighted by Gasteiger charge is -2.15. The van der Waals surface area contributed by atoms with Crippen LogP contribution in [0.1, 0.15) is 5.56 Å². The van der Waals surface area contributed by atoms with Crippen molar-refractivity contribution in [3.05, 3.63) is 33.9 Å². The zero-order valence-corrected chi connectivity index (χ0v) is 10.8. The third kappa shape index (κ3) is 4.21. The van der Waals surface area contributed by atoms with Crippen LogP contribution in [0.15, 0.2) is 18.2 Å². The molecule has 0 aliphatic heterocycles. The number of anilines is 1. The van der Waals surface area contributed by atoms with Crippen LogP contribution in [0.2, 0.25) is 0 Å². The molecule has 1 atom stereocenters. The molecule has 0 saturated carbocycles. The molecule has 0 amide bonds. The van der Waals surface area contributed by atoms with E-state index in [-0.39, 0.29) is 17.4 Å². The molecule has 0 spiro atoms. The molecule has 0 aliphatic rings. The van der Waals surface area contributed by atoms with Crippen molar-refractivity contribution in [2.45, 2.75) is 6.10 Å². The zero-order valence-electron chi connectivity index (χ0n) is 10.8. The lowest BCUT2D eigenvalue weighted by molar-refractivity contribution is -0.384. The molecule has 1 unspecified atom stereocenters. The van der Waals surface area contributed by atoms with E-state index in [9.17, 15) is 10.1 Å². The quantitative estimate of drug-likeness (QED) is 0.593. The highest BCUT2D eigenvalue weighted by molar-refractivity contribution is 5.64. The maximum atomic E-state index is 10.9. The number of nitrogens with zero attached hydrogens (tertiary/aromatic N) is 2. The highest BCUT2D eigenvalue weighted by atomic mass is 16.6. The number of nitro benzene ring substituents is 1. The predicted octanol–water partition coefficient (Wildman–Crippen LogP) is 1.54. The smallest absolute Gasteiger partial charge is 0.293 e. The Morgan fingerprint density at radius 2 is 2.26 bits per heavy atom. The van der Waals surface area contributed by atoms with E-state index >= 15 is 0 Å². The number of benzene rings is 1. The van der Waals surface area contributed by atoms with Crippen molar-refractivity contribution in [2.24, 2.45) is 0 Å². The molecule has 7 nitrogen and oxygen atoms in total. The van der Waals surface area contributed by atoms with Crippen LogP contribution >= 0.6 is 0 Å². The SMILES string of the molecule is COCC(CNc1ccc(C#N)cc1[N+](=O)[O-])OC. The fourth-order valence-electron chi connectivity index (χ4n) is 1.52. The van der Waals surface area contributed by atoms with Gasteiger partial charge in [-0.1, -0.05) is 0 Å². The Kier molecular flexibility index (Phi) is 5.73. The number of methoxy groups -OCH3 is 2. The molecule has 1 rings (SSSR count). The molecular formula is C12H15N3O4. The topological polar surface area (TPSA) is 97.4 Å². The minimum atomic E-state index is -0.526. The molecule has 0 bridgehead atoms. The summed E-state index contributed by atoms with van der Waals surface area (Å²) in [5, 5.41) is 22.6. The number of rotatable bonds is 7. The molecule has 0 radical (unpaired) electrons. The first-order valence-electron chi connectivity index (χ1n) is 5.56. The summed E-state index contributed by atoms with van der Waals surface area (Å²) in [6.07, 6.45) is -0.208. The van der Waals surface area contributed by atoms with Crippen LogP contribution < -0.4 is 5.32 Å². The Morgan fingerprint density at radius 1 is 1.53 bits per heavy atom. The molecule has 1 aromatic rings. The lowest BCUT2D eigenvalue weighted by atomic mass is 10.2. The van der Waals surface area contributed by atoms with Gasteiger partial charge in [0.2, 0.25) is 0 Å². The highest BCUT2D eigenvalue weighted by Gasteiger charge is 2.16. The summed E-state index contributed by atoms with van der Waals surface area (Å²) in [4.78, 5) is 10.4. The molecule has 0 saturated heterocycles. The first-order chi connectivity index (χ1) is 9.12. The van der Waals surface area contributed by atoms with Gasteiger partial charge in [0, 0.05) is 26.8 Å². The van der Waals surface area contributed by atoms with Gasteiger partial charge in [0.05, 0.1) is 29.3 Å². The predicted molar refractivity (Wildman–Crippen MR) is 69.0 cm³/mol. The van der Waals surface area contributed by atoms with Crippen LogP contribution in [-0.4, -0.2) is 38.4 Å². The maximum absolute atomic E-state index is 10.9. The van der Waals surface area contributed by atoms with Gasteiger partial charge in [-0.2, -0.15) is 5.26 Å². The van der Waals surface area contributed by atoms with Crippen LogP contribution in [0, 0.1) is 21.4 Å². The van der Waals surface area contributed by atoms with E-state index < -0.39 is 4.92 Å². The first kappa shape index (κ1) is 14.9. The van der Waals surface area contributed by atoms with Gasteiger partial charge in [0.15, 0.2) is 0 Å². The Morgan fingerprint density at radius 3 is 2.79 bits per heavy atom. The van der Waals surface area contributed by atoms with Gasteiger partial charge in [0.25, 0.3) is 5.69 Å². The summed E-state index contributed by atoms with van der Waals surface area (Å²) in [6.45, 7) is 0.755. The summed E-state index contributed by atoms with van der Waals surface area (Å²) in [5.74, 6) is 0. The molecule has 102 valence electrons. The first-order valence-corrected chi connectivity index (χ1v) is 5.56. The van der Waals surface area contributed by atoms with E-state index in [1.165, 1.54) is 18.2 Å². The molecule has 0 heterocycles. The van der Waals surface area contributed by atoms with Crippen LogP contribution in [0.3, 0.4) is 0 Å². The van der Waals surface area contributed by atoms with Gasteiger partial charge >= 0.3 is 0 Å². The van der Waals surface area contributed by atoms with Crippen molar-refractivity contribution >= 4 is 11.4 Å². The van der Waals surface area contributed by atoms with Gasteiger partial charge in [0.1, 0.15) is 5.69 Å². The fraction of sp³-hybridized carbons (Fsp3) is 0.417. The molecule has 1 aromatic carbocycles. The number of nitrogens with one attached hydrogen (secondary N) is 1. The molecule has 1 N–H and O–H groups in total. The van der Waals surface area contributed by atoms with Crippen LogP contribution in [0.5, 0.6) is 0 Å². The van der Waals surface area contributed by atoms with Gasteiger partial charge in [-0.15, -0.1) is 0 Å². The van der Waals surface area contributed by atoms with E-state index in [1.54, 1.807) is 14.2 Å². The maximum Gasteiger partial charge on any atom is 0.293 e. The summed E-state index contributed by atoms with van der Waals surface area (Å²) >= 11 is 0. The third-order valence-electron chi connectivity index (χ3n) is 2.53. The Labute approximate surface area is 110 Å². The van der Waals surface area contributed by atoms with Crippen LogP contribution in [0.4, 0.5) is 11.4 Å². The van der Waals surface area contributed by atoms with Gasteiger partial charge in [-0.25, -0.2) is 0 Å². The molecule has 7 heteroatoms. The van der Waals surface area contributed by atoms with E-state index in [4.69, 9.17) is 14.7 Å². The summed E-state index contributed by atoms with van der Waals surface area (Å²) < 4.78 is 10.1. The van der Waals surface area contributed by atoms with E-state index in [0.29, 0.717) is 18.8 Å². The molecular weight excluding hydrogens is 250 g/mol. The number of ether oxygens (including phenoxy) is 2. The number of nitro groups is 1. The second-order valence-electron chi connectivity index (χ2n) is 3.79. The van der Waals surface area contributed by atoms with E-state index in [2.05, 4.69) is 5.32 Å². The lowest BCUT2D eigenvalue weighted by Crippen LogP contribution is -2.26. The second-order valence-corrected chi connectivity index (χ2v) is 3.79. The average Bonchev–Trinajstić information content (AvgIpc) is 2.43. The Bertz CT molecular complexity index is 484. The Balaban J connectivity index is 2.83. The second kappa shape index (κ2) is 7.31. The average molecular weight is 265 g/mol. The zero-order chi connectivity index (χ0) is 14.3. The number of nitriles is 1. The van der Waals surface area contributed by atoms with E-state index in [1.807, 2.05) is 6.07 Å². The minimum absolute atomic E-state index is 0.133. The molecule has 0 aromatic heterocycles. The minimum Gasteiger partial charge on any atom is -0.382 e. The number of hydrogen-bond acceptors (Lipinski definition) is 6. The van der Waals surface area contributed by atoms with Crippen molar-refractivity contribution in [1.82, 2.24) is 0 Å². The molecule has 0 aliphatic carbocycles. The van der Waals surface area contributed by atoms with E-state index in [0.717, 1.165) is 0 Å². The van der Waals surface area contributed by atoms with Gasteiger partial charge in [-0.05, 0) is 12.1 Å². The van der Waals surface area contributed by atoms with Crippen molar-refractivity contribution in [1.29, 1.82) is 5.26 Å².